The lowest BCUT2D eigenvalue weighted by molar-refractivity contribution is -0.0545. The van der Waals surface area contributed by atoms with E-state index in [4.69, 9.17) is 4.74 Å². The number of aromatic nitrogens is 2. The highest BCUT2D eigenvalue weighted by Crippen LogP contribution is 2.33. The zero-order valence-electron chi connectivity index (χ0n) is 8.86. The molecule has 2 rings (SSSR count). The first-order valence-corrected chi connectivity index (χ1v) is 6.27. The summed E-state index contributed by atoms with van der Waals surface area (Å²) < 4.78 is 18.6. The number of H-pyrrole nitrogens is 1. The monoisotopic (exact) mass is 372 g/mol. The first-order valence-electron chi connectivity index (χ1n) is 5.03. The molecule has 1 unspecified atom stereocenters. The van der Waals surface area contributed by atoms with Crippen LogP contribution in [0.25, 0.3) is 0 Å². The van der Waals surface area contributed by atoms with E-state index in [9.17, 15) is 24.2 Å². The van der Waals surface area contributed by atoms with Gasteiger partial charge in [-0.3, -0.25) is 14.3 Å². The molecule has 1 aliphatic heterocycles. The average molecular weight is 372 g/mol. The number of nitrogens with zero attached hydrogens (tertiary/aromatic N) is 1. The molecule has 0 spiro atoms. The molecule has 1 aromatic heterocycles. The fourth-order valence-corrected chi connectivity index (χ4v) is 2.34. The fourth-order valence-electron chi connectivity index (χ4n) is 1.74. The number of aromatic amines is 1. The van der Waals surface area contributed by atoms with Crippen molar-refractivity contribution in [3.63, 3.8) is 0 Å². The van der Waals surface area contributed by atoms with Crippen LogP contribution in [0.3, 0.4) is 0 Å². The molecule has 1 aromatic rings. The van der Waals surface area contributed by atoms with Crippen LogP contribution in [0.2, 0.25) is 0 Å². The van der Waals surface area contributed by atoms with Crippen LogP contribution in [0.1, 0.15) is 6.23 Å². The van der Waals surface area contributed by atoms with Crippen LogP contribution >= 0.6 is 22.6 Å². The molecule has 2 heterocycles. The summed E-state index contributed by atoms with van der Waals surface area (Å²) in [5.74, 6) is 0. The van der Waals surface area contributed by atoms with Gasteiger partial charge >= 0.3 is 5.69 Å². The number of hydrogen-bond donors (Lipinski definition) is 3. The van der Waals surface area contributed by atoms with Crippen molar-refractivity contribution >= 4 is 22.6 Å². The van der Waals surface area contributed by atoms with Crippen molar-refractivity contribution in [3.8, 4) is 0 Å². The molecule has 1 aliphatic rings. The minimum Gasteiger partial charge on any atom is -0.387 e. The van der Waals surface area contributed by atoms with E-state index in [1.165, 1.54) is 0 Å². The van der Waals surface area contributed by atoms with E-state index in [1.807, 2.05) is 4.98 Å². The van der Waals surface area contributed by atoms with Crippen molar-refractivity contribution in [2.75, 3.05) is 0 Å². The van der Waals surface area contributed by atoms with Crippen molar-refractivity contribution in [1.82, 2.24) is 9.55 Å². The van der Waals surface area contributed by atoms with E-state index in [0.717, 1.165) is 16.8 Å². The Morgan fingerprint density at radius 3 is 2.72 bits per heavy atom. The topological polar surface area (TPSA) is 105 Å². The Hall–Kier alpha value is -0.780. The minimum absolute atomic E-state index is 0.615. The van der Waals surface area contributed by atoms with E-state index < -0.39 is 40.0 Å². The number of halogens is 2. The number of nitrogens with one attached hydrogen (secondary N) is 1. The minimum atomic E-state index is -1.87. The van der Waals surface area contributed by atoms with Gasteiger partial charge in [-0.15, -0.1) is 0 Å². The number of rotatable bonds is 2. The molecule has 0 saturated carbocycles. The molecule has 18 heavy (non-hydrogen) atoms. The average Bonchev–Trinajstić information content (AvgIpc) is 2.57. The van der Waals surface area contributed by atoms with Gasteiger partial charge in [0.2, 0.25) is 0 Å². The second-order valence-corrected chi connectivity index (χ2v) is 5.09. The maximum atomic E-state index is 13.8. The van der Waals surface area contributed by atoms with Crippen LogP contribution < -0.4 is 11.2 Å². The molecule has 0 radical (unpaired) electrons. The molecule has 9 heteroatoms. The molecule has 0 aromatic carbocycles. The summed E-state index contributed by atoms with van der Waals surface area (Å²) in [7, 11) is 0. The smallest absolute Gasteiger partial charge is 0.330 e. The van der Waals surface area contributed by atoms with Crippen LogP contribution in [-0.2, 0) is 4.74 Å². The molecule has 100 valence electrons. The summed E-state index contributed by atoms with van der Waals surface area (Å²) in [4.78, 5) is 24.3. The number of ether oxygens (including phenoxy) is 1. The third-order valence-electron chi connectivity index (χ3n) is 2.63. The number of aliphatic hydroxyl groups is 2. The summed E-state index contributed by atoms with van der Waals surface area (Å²) >= 11 is 1.57. The summed E-state index contributed by atoms with van der Waals surface area (Å²) in [5, 5.41) is 18.9. The Balaban J connectivity index is 2.35. The van der Waals surface area contributed by atoms with Gasteiger partial charge in [0.25, 0.3) is 5.56 Å². The zero-order valence-corrected chi connectivity index (χ0v) is 11.0. The summed E-state index contributed by atoms with van der Waals surface area (Å²) in [5.41, 5.74) is -1.46. The van der Waals surface area contributed by atoms with Gasteiger partial charge in [-0.2, -0.15) is 0 Å². The summed E-state index contributed by atoms with van der Waals surface area (Å²) in [6.07, 6.45) is -4.85. The molecule has 1 fully saturated rings. The second-order valence-electron chi connectivity index (χ2n) is 3.82. The van der Waals surface area contributed by atoms with E-state index in [2.05, 4.69) is 0 Å². The lowest BCUT2D eigenvalue weighted by atomic mass is 10.1. The number of hydrogen-bond acceptors (Lipinski definition) is 5. The van der Waals surface area contributed by atoms with Crippen LogP contribution in [0.15, 0.2) is 21.9 Å². The van der Waals surface area contributed by atoms with Gasteiger partial charge < -0.3 is 14.9 Å². The van der Waals surface area contributed by atoms with Crippen LogP contribution in [0.5, 0.6) is 0 Å². The summed E-state index contributed by atoms with van der Waals surface area (Å²) in [6, 6.07) is 1.04. The SMILES string of the molecule is O=c1ccn([C@@H]2O[C@H](C(O)I)[C@@H](O)[C@@H]2F)c(=O)[nH]1. The van der Waals surface area contributed by atoms with Crippen molar-refractivity contribution in [2.24, 2.45) is 0 Å². The zero-order chi connectivity index (χ0) is 13.4. The highest BCUT2D eigenvalue weighted by molar-refractivity contribution is 14.1. The molecule has 7 nitrogen and oxygen atoms in total. The third kappa shape index (κ3) is 2.35. The molecule has 3 N–H and O–H groups in total. The highest BCUT2D eigenvalue weighted by Gasteiger charge is 2.47. The van der Waals surface area contributed by atoms with E-state index >= 15 is 0 Å². The maximum Gasteiger partial charge on any atom is 0.330 e. The van der Waals surface area contributed by atoms with Crippen molar-refractivity contribution in [3.05, 3.63) is 33.1 Å². The van der Waals surface area contributed by atoms with Crippen LogP contribution in [0.4, 0.5) is 4.39 Å². The number of alkyl halides is 2. The molecule has 0 aliphatic carbocycles. The van der Waals surface area contributed by atoms with Gasteiger partial charge in [-0.25, -0.2) is 9.18 Å². The largest absolute Gasteiger partial charge is 0.387 e. The van der Waals surface area contributed by atoms with Gasteiger partial charge in [0, 0.05) is 12.3 Å². The third-order valence-corrected chi connectivity index (χ3v) is 3.34. The molecule has 0 bridgehead atoms. The molecule has 5 atom stereocenters. The van der Waals surface area contributed by atoms with Crippen molar-refractivity contribution < 1.29 is 19.3 Å². The predicted octanol–water partition coefficient (Wildman–Crippen LogP) is -1.11. The fraction of sp³-hybridized carbons (Fsp3) is 0.556. The Labute approximate surface area is 113 Å². The first kappa shape index (κ1) is 13.6. The number of aliphatic hydroxyl groups excluding tert-OH is 2. The van der Waals surface area contributed by atoms with E-state index in [0.29, 0.717) is 0 Å². The maximum absolute atomic E-state index is 13.8. The lowest BCUT2D eigenvalue weighted by Crippen LogP contribution is -2.36. The van der Waals surface area contributed by atoms with Crippen molar-refractivity contribution in [2.45, 2.75) is 28.7 Å². The van der Waals surface area contributed by atoms with Crippen molar-refractivity contribution in [1.29, 1.82) is 0 Å². The Bertz CT molecular complexity index is 544. The van der Waals surface area contributed by atoms with Gasteiger partial charge in [0.15, 0.2) is 12.4 Å². The Morgan fingerprint density at radius 2 is 2.22 bits per heavy atom. The van der Waals surface area contributed by atoms with E-state index in [-0.39, 0.29) is 0 Å². The predicted molar refractivity (Wildman–Crippen MR) is 66.2 cm³/mol. The molecular formula is C9H10FIN2O5. The van der Waals surface area contributed by atoms with Gasteiger partial charge in [-0.05, 0) is 22.6 Å². The first-order chi connectivity index (χ1) is 8.41. The highest BCUT2D eigenvalue weighted by atomic mass is 127. The van der Waals surface area contributed by atoms with E-state index in [1.54, 1.807) is 22.6 Å². The summed E-state index contributed by atoms with van der Waals surface area (Å²) in [6.45, 7) is 0. The normalized spacial score (nSPS) is 33.6. The van der Waals surface area contributed by atoms with Crippen LogP contribution in [0, 0.1) is 0 Å². The molecule has 1 saturated heterocycles. The Kier molecular flexibility index (Phi) is 3.84. The quantitative estimate of drug-likeness (QED) is 0.451. The molecule has 0 amide bonds. The van der Waals surface area contributed by atoms with Gasteiger partial charge in [0.1, 0.15) is 16.3 Å². The lowest BCUT2D eigenvalue weighted by Gasteiger charge is -2.16. The van der Waals surface area contributed by atoms with Crippen LogP contribution in [-0.4, -0.2) is 42.3 Å². The standard InChI is InChI=1S/C9H10FIN2O5/c10-4-5(15)6(7(11)16)18-8(4)13-2-1-3(14)12-9(13)17/h1-2,4-8,15-16H,(H,12,14,17)/t4-,5-,6-,7?,8+/m0/s1. The molecular weight excluding hydrogens is 362 g/mol. The second kappa shape index (κ2) is 5.07. The van der Waals surface area contributed by atoms with Gasteiger partial charge in [-0.1, -0.05) is 0 Å². The Morgan fingerprint density at radius 1 is 1.56 bits per heavy atom. The van der Waals surface area contributed by atoms with Gasteiger partial charge in [0.05, 0.1) is 0 Å².